The molecule has 0 fully saturated rings. The summed E-state index contributed by atoms with van der Waals surface area (Å²) in [6.07, 6.45) is 0. The number of carbonyl (C=O) groups is 1. The maximum atomic E-state index is 12.2. The van der Waals surface area contributed by atoms with Crippen LogP contribution < -0.4 is 14.8 Å². The molecule has 0 aromatic heterocycles. The van der Waals surface area contributed by atoms with Crippen molar-refractivity contribution in [2.45, 2.75) is 30.0 Å². The molecule has 2 aromatic rings. The van der Waals surface area contributed by atoms with E-state index in [4.69, 9.17) is 9.47 Å². The third kappa shape index (κ3) is 5.81. The molecule has 0 heterocycles. The van der Waals surface area contributed by atoms with Gasteiger partial charge in [0.15, 0.2) is 0 Å². The molecule has 0 saturated heterocycles. The Morgan fingerprint density at radius 2 is 1.67 bits per heavy atom. The van der Waals surface area contributed by atoms with Crippen molar-refractivity contribution in [2.24, 2.45) is 0 Å². The van der Waals surface area contributed by atoms with Gasteiger partial charge in [0.25, 0.3) is 0 Å². The van der Waals surface area contributed by atoms with E-state index in [-0.39, 0.29) is 17.2 Å². The van der Waals surface area contributed by atoms with Crippen molar-refractivity contribution >= 4 is 17.7 Å². The first-order chi connectivity index (χ1) is 11.6. The quantitative estimate of drug-likeness (QED) is 0.740. The highest BCUT2D eigenvalue weighted by Crippen LogP contribution is 2.22. The van der Waals surface area contributed by atoms with Gasteiger partial charge in [-0.2, -0.15) is 0 Å². The summed E-state index contributed by atoms with van der Waals surface area (Å²) in [5, 5.41) is 2.83. The predicted octanol–water partition coefficient (Wildman–Crippen LogP) is 3.76. The Bertz CT molecular complexity index is 631. The molecule has 24 heavy (non-hydrogen) atoms. The fourth-order valence-corrected chi connectivity index (χ4v) is 2.95. The maximum absolute atomic E-state index is 12.2. The first kappa shape index (κ1) is 18.2. The minimum atomic E-state index is -0.157. The lowest BCUT2D eigenvalue weighted by atomic mass is 10.3. The predicted molar refractivity (Wildman–Crippen MR) is 97.9 cm³/mol. The van der Waals surface area contributed by atoms with Crippen molar-refractivity contribution in [3.63, 3.8) is 0 Å². The standard InChI is InChI=1S/C19H23NO3S/c1-14(13-23-17-11-9-16(22-3)10-12-17)20-19(21)15(2)24-18-7-5-4-6-8-18/h4-12,14-15H,13H2,1-3H3,(H,20,21)/t14-,15-/m1/s1. The first-order valence-corrected chi connectivity index (χ1v) is 8.75. The van der Waals surface area contributed by atoms with Crippen LogP contribution in [-0.4, -0.2) is 30.9 Å². The number of methoxy groups -OCH3 is 1. The maximum Gasteiger partial charge on any atom is 0.233 e. The van der Waals surface area contributed by atoms with E-state index in [9.17, 15) is 4.79 Å². The Hall–Kier alpha value is -2.14. The second-order valence-electron chi connectivity index (χ2n) is 5.47. The van der Waals surface area contributed by atoms with Crippen LogP contribution in [0.15, 0.2) is 59.5 Å². The molecule has 4 nitrogen and oxygen atoms in total. The second-order valence-corrected chi connectivity index (χ2v) is 6.88. The first-order valence-electron chi connectivity index (χ1n) is 7.87. The van der Waals surface area contributed by atoms with Gasteiger partial charge in [0.1, 0.15) is 18.1 Å². The third-order valence-electron chi connectivity index (χ3n) is 3.37. The Kier molecular flexibility index (Phi) is 7.00. The van der Waals surface area contributed by atoms with E-state index < -0.39 is 0 Å². The van der Waals surface area contributed by atoms with Crippen molar-refractivity contribution in [1.82, 2.24) is 5.32 Å². The number of carbonyl (C=O) groups excluding carboxylic acids is 1. The van der Waals surface area contributed by atoms with Crippen molar-refractivity contribution < 1.29 is 14.3 Å². The number of hydrogen-bond acceptors (Lipinski definition) is 4. The van der Waals surface area contributed by atoms with E-state index in [1.165, 1.54) is 0 Å². The van der Waals surface area contributed by atoms with Gasteiger partial charge in [-0.1, -0.05) is 18.2 Å². The SMILES string of the molecule is COc1ccc(OC[C@@H](C)NC(=O)[C@@H](C)Sc2ccccc2)cc1. The summed E-state index contributed by atoms with van der Waals surface area (Å²) in [6, 6.07) is 17.2. The van der Waals surface area contributed by atoms with Crippen molar-refractivity contribution in [3.05, 3.63) is 54.6 Å². The molecule has 0 radical (unpaired) electrons. The van der Waals surface area contributed by atoms with Crippen LogP contribution in [-0.2, 0) is 4.79 Å². The molecule has 128 valence electrons. The van der Waals surface area contributed by atoms with Crippen LogP contribution >= 0.6 is 11.8 Å². The van der Waals surface area contributed by atoms with Gasteiger partial charge in [-0.3, -0.25) is 4.79 Å². The number of amides is 1. The molecule has 1 amide bonds. The van der Waals surface area contributed by atoms with Crippen molar-refractivity contribution in [2.75, 3.05) is 13.7 Å². The molecule has 1 N–H and O–H groups in total. The zero-order chi connectivity index (χ0) is 17.4. The fourth-order valence-electron chi connectivity index (χ4n) is 2.05. The average molecular weight is 345 g/mol. The Morgan fingerprint density at radius 3 is 2.29 bits per heavy atom. The molecule has 0 bridgehead atoms. The Labute approximate surface area is 147 Å². The summed E-state index contributed by atoms with van der Waals surface area (Å²) in [5.41, 5.74) is 0. The molecule has 0 saturated carbocycles. The van der Waals surface area contributed by atoms with Gasteiger partial charge in [0, 0.05) is 4.90 Å². The Morgan fingerprint density at radius 1 is 1.04 bits per heavy atom. The molecule has 0 aliphatic rings. The molecule has 2 atom stereocenters. The van der Waals surface area contributed by atoms with Gasteiger partial charge >= 0.3 is 0 Å². The molecular weight excluding hydrogens is 322 g/mol. The van der Waals surface area contributed by atoms with Gasteiger partial charge in [0.05, 0.1) is 18.4 Å². The molecule has 0 aliphatic carbocycles. The number of benzene rings is 2. The highest BCUT2D eigenvalue weighted by Gasteiger charge is 2.16. The van der Waals surface area contributed by atoms with Crippen LogP contribution in [0.5, 0.6) is 11.5 Å². The van der Waals surface area contributed by atoms with Crippen molar-refractivity contribution in [3.8, 4) is 11.5 Å². The summed E-state index contributed by atoms with van der Waals surface area (Å²) in [5.74, 6) is 1.55. The van der Waals surface area contributed by atoms with Gasteiger partial charge in [0.2, 0.25) is 5.91 Å². The minimum Gasteiger partial charge on any atom is -0.497 e. The Balaban J connectivity index is 1.76. The lowest BCUT2D eigenvalue weighted by Gasteiger charge is -2.18. The summed E-state index contributed by atoms with van der Waals surface area (Å²) in [7, 11) is 1.63. The summed E-state index contributed by atoms with van der Waals surface area (Å²) < 4.78 is 10.8. The van der Waals surface area contributed by atoms with Crippen LogP contribution in [0.1, 0.15) is 13.8 Å². The summed E-state index contributed by atoms with van der Waals surface area (Å²) in [6.45, 7) is 4.26. The van der Waals surface area contributed by atoms with Crippen LogP contribution in [0.25, 0.3) is 0 Å². The highest BCUT2D eigenvalue weighted by atomic mass is 32.2. The minimum absolute atomic E-state index is 0.00897. The fraction of sp³-hybridized carbons (Fsp3) is 0.316. The number of nitrogens with one attached hydrogen (secondary N) is 1. The van der Waals surface area contributed by atoms with Gasteiger partial charge in [-0.25, -0.2) is 0 Å². The zero-order valence-electron chi connectivity index (χ0n) is 14.2. The number of rotatable bonds is 8. The van der Waals surface area contributed by atoms with Crippen LogP contribution in [0, 0.1) is 0 Å². The molecule has 2 rings (SSSR count). The smallest absolute Gasteiger partial charge is 0.233 e. The average Bonchev–Trinajstić information content (AvgIpc) is 2.61. The largest absolute Gasteiger partial charge is 0.497 e. The van der Waals surface area contributed by atoms with E-state index in [0.29, 0.717) is 6.61 Å². The van der Waals surface area contributed by atoms with Crippen molar-refractivity contribution in [1.29, 1.82) is 0 Å². The molecular formula is C19H23NO3S. The third-order valence-corrected chi connectivity index (χ3v) is 4.49. The molecule has 0 unspecified atom stereocenters. The summed E-state index contributed by atoms with van der Waals surface area (Å²) in [4.78, 5) is 13.3. The number of thioether (sulfide) groups is 1. The number of hydrogen-bond donors (Lipinski definition) is 1. The van der Waals surface area contributed by atoms with Gasteiger partial charge in [-0.15, -0.1) is 11.8 Å². The van der Waals surface area contributed by atoms with E-state index >= 15 is 0 Å². The second kappa shape index (κ2) is 9.23. The molecule has 0 aliphatic heterocycles. The molecule has 2 aromatic carbocycles. The molecule has 5 heteroatoms. The van der Waals surface area contributed by atoms with Gasteiger partial charge in [-0.05, 0) is 50.2 Å². The monoisotopic (exact) mass is 345 g/mol. The lowest BCUT2D eigenvalue weighted by molar-refractivity contribution is -0.121. The van der Waals surface area contributed by atoms with E-state index in [1.54, 1.807) is 18.9 Å². The van der Waals surface area contributed by atoms with Crippen LogP contribution in [0.4, 0.5) is 0 Å². The van der Waals surface area contributed by atoms with E-state index in [2.05, 4.69) is 5.32 Å². The number of ether oxygens (including phenoxy) is 2. The zero-order valence-corrected chi connectivity index (χ0v) is 15.0. The van der Waals surface area contributed by atoms with Crippen LogP contribution in [0.2, 0.25) is 0 Å². The van der Waals surface area contributed by atoms with Gasteiger partial charge < -0.3 is 14.8 Å². The van der Waals surface area contributed by atoms with E-state index in [1.807, 2.05) is 68.4 Å². The lowest BCUT2D eigenvalue weighted by Crippen LogP contribution is -2.40. The normalized spacial score (nSPS) is 13.0. The van der Waals surface area contributed by atoms with E-state index in [0.717, 1.165) is 16.4 Å². The van der Waals surface area contributed by atoms with Crippen LogP contribution in [0.3, 0.4) is 0 Å². The molecule has 0 spiro atoms. The topological polar surface area (TPSA) is 47.6 Å². The summed E-state index contributed by atoms with van der Waals surface area (Å²) >= 11 is 1.55. The highest BCUT2D eigenvalue weighted by molar-refractivity contribution is 8.00.